The average Bonchev–Trinajstić information content (AvgIpc) is 2.46. The van der Waals surface area contributed by atoms with Gasteiger partial charge in [0.05, 0.1) is 20.3 Å². The molecular formula is C16H17Br2NO2. The molecule has 0 spiro atoms. The van der Waals surface area contributed by atoms with Gasteiger partial charge in [-0.3, -0.25) is 0 Å². The van der Waals surface area contributed by atoms with Crippen molar-refractivity contribution in [3.8, 4) is 11.5 Å². The molecule has 1 unspecified atom stereocenters. The quantitative estimate of drug-likeness (QED) is 0.795. The Balaban J connectivity index is 2.52. The van der Waals surface area contributed by atoms with Crippen molar-refractivity contribution in [1.82, 2.24) is 0 Å². The minimum atomic E-state index is -0.294. The first-order valence-corrected chi connectivity index (χ1v) is 8.00. The molecule has 0 saturated carbocycles. The molecule has 0 aliphatic heterocycles. The average molecular weight is 415 g/mol. The highest BCUT2D eigenvalue weighted by Gasteiger charge is 2.20. The number of halogens is 2. The molecule has 112 valence electrons. The van der Waals surface area contributed by atoms with E-state index in [-0.39, 0.29) is 6.04 Å². The summed E-state index contributed by atoms with van der Waals surface area (Å²) in [4.78, 5) is 0. The van der Waals surface area contributed by atoms with Crippen molar-refractivity contribution in [1.29, 1.82) is 0 Å². The maximum absolute atomic E-state index is 6.43. The normalized spacial score (nSPS) is 12.1. The minimum Gasteiger partial charge on any atom is -0.495 e. The maximum atomic E-state index is 6.43. The van der Waals surface area contributed by atoms with E-state index in [9.17, 15) is 0 Å². The van der Waals surface area contributed by atoms with Crippen LogP contribution in [-0.2, 0) is 0 Å². The minimum absolute atomic E-state index is 0.294. The molecule has 2 N–H and O–H groups in total. The van der Waals surface area contributed by atoms with Crippen molar-refractivity contribution in [2.75, 3.05) is 14.2 Å². The number of nitrogens with two attached hydrogens (primary N) is 1. The van der Waals surface area contributed by atoms with E-state index in [0.717, 1.165) is 20.1 Å². The fraction of sp³-hybridized carbons (Fsp3) is 0.250. The summed E-state index contributed by atoms with van der Waals surface area (Å²) in [6.45, 7) is 2.05. The van der Waals surface area contributed by atoms with Gasteiger partial charge in [-0.25, -0.2) is 0 Å². The van der Waals surface area contributed by atoms with Crippen LogP contribution in [0.15, 0.2) is 39.3 Å². The third kappa shape index (κ3) is 3.25. The van der Waals surface area contributed by atoms with E-state index >= 15 is 0 Å². The zero-order valence-electron chi connectivity index (χ0n) is 12.1. The molecule has 5 heteroatoms. The van der Waals surface area contributed by atoms with E-state index < -0.39 is 0 Å². The van der Waals surface area contributed by atoms with E-state index in [2.05, 4.69) is 37.9 Å². The number of hydrogen-bond donors (Lipinski definition) is 1. The molecule has 0 aliphatic carbocycles. The van der Waals surface area contributed by atoms with Crippen LogP contribution in [-0.4, -0.2) is 14.2 Å². The fourth-order valence-electron chi connectivity index (χ4n) is 2.21. The lowest BCUT2D eigenvalue weighted by Gasteiger charge is -2.20. The van der Waals surface area contributed by atoms with E-state index in [1.54, 1.807) is 14.2 Å². The summed E-state index contributed by atoms with van der Waals surface area (Å²) < 4.78 is 12.6. The summed E-state index contributed by atoms with van der Waals surface area (Å²) in [5.74, 6) is 1.40. The molecule has 0 fully saturated rings. The Kier molecular flexibility index (Phi) is 5.30. The molecule has 3 nitrogen and oxygen atoms in total. The fourth-order valence-corrected chi connectivity index (χ4v) is 3.64. The van der Waals surface area contributed by atoms with Crippen LogP contribution in [0.25, 0.3) is 0 Å². The van der Waals surface area contributed by atoms with Crippen LogP contribution in [0.5, 0.6) is 11.5 Å². The summed E-state index contributed by atoms with van der Waals surface area (Å²) in [6.07, 6.45) is 0. The molecule has 2 aromatic rings. The van der Waals surface area contributed by atoms with Gasteiger partial charge in [0.1, 0.15) is 16.0 Å². The zero-order chi connectivity index (χ0) is 15.6. The van der Waals surface area contributed by atoms with Crippen molar-refractivity contribution in [2.45, 2.75) is 13.0 Å². The Morgan fingerprint density at radius 2 is 1.67 bits per heavy atom. The van der Waals surface area contributed by atoms with Crippen molar-refractivity contribution in [3.63, 3.8) is 0 Å². The molecule has 21 heavy (non-hydrogen) atoms. The van der Waals surface area contributed by atoms with E-state index in [1.165, 1.54) is 5.56 Å². The Hall–Kier alpha value is -1.04. The molecule has 0 heterocycles. The predicted molar refractivity (Wildman–Crippen MR) is 92.2 cm³/mol. The van der Waals surface area contributed by atoms with Crippen molar-refractivity contribution < 1.29 is 9.47 Å². The highest BCUT2D eigenvalue weighted by molar-refractivity contribution is 9.11. The van der Waals surface area contributed by atoms with Gasteiger partial charge in [-0.05, 0) is 52.2 Å². The lowest BCUT2D eigenvalue weighted by atomic mass is 9.97. The lowest BCUT2D eigenvalue weighted by Crippen LogP contribution is -2.14. The zero-order valence-corrected chi connectivity index (χ0v) is 15.3. The summed E-state index contributed by atoms with van der Waals surface area (Å²) in [5, 5.41) is 0. The van der Waals surface area contributed by atoms with Gasteiger partial charge in [0, 0.05) is 10.0 Å². The Bertz CT molecular complexity index is 659. The second-order valence-corrected chi connectivity index (χ2v) is 6.35. The second kappa shape index (κ2) is 6.81. The summed E-state index contributed by atoms with van der Waals surface area (Å²) in [6, 6.07) is 9.65. The van der Waals surface area contributed by atoms with Gasteiger partial charge < -0.3 is 15.2 Å². The molecule has 0 aromatic heterocycles. The number of rotatable bonds is 4. The predicted octanol–water partition coefficient (Wildman–Crippen LogP) is 4.59. The third-order valence-corrected chi connectivity index (χ3v) is 4.78. The lowest BCUT2D eigenvalue weighted by molar-refractivity contribution is 0.385. The van der Waals surface area contributed by atoms with Crippen LogP contribution in [0.1, 0.15) is 22.7 Å². The monoisotopic (exact) mass is 413 g/mol. The first-order valence-electron chi connectivity index (χ1n) is 6.41. The molecule has 2 aromatic carbocycles. The Labute approximate surface area is 141 Å². The first kappa shape index (κ1) is 16.3. The van der Waals surface area contributed by atoms with Crippen LogP contribution in [0.2, 0.25) is 0 Å². The SMILES string of the molecule is COc1ccc(C(N)c2ccc(C)cc2Br)c(OC)c1Br. The number of hydrogen-bond acceptors (Lipinski definition) is 3. The van der Waals surface area contributed by atoms with E-state index in [1.807, 2.05) is 31.2 Å². The highest BCUT2D eigenvalue weighted by Crippen LogP contribution is 2.41. The molecule has 0 bridgehead atoms. The summed E-state index contributed by atoms with van der Waals surface area (Å²) >= 11 is 7.09. The topological polar surface area (TPSA) is 44.5 Å². The van der Waals surface area contributed by atoms with Gasteiger partial charge in [-0.15, -0.1) is 0 Å². The van der Waals surface area contributed by atoms with Crippen molar-refractivity contribution >= 4 is 31.9 Å². The number of aryl methyl sites for hydroxylation is 1. The number of methoxy groups -OCH3 is 2. The van der Waals surface area contributed by atoms with Gasteiger partial charge in [-0.2, -0.15) is 0 Å². The smallest absolute Gasteiger partial charge is 0.141 e. The van der Waals surface area contributed by atoms with Gasteiger partial charge in [0.25, 0.3) is 0 Å². The molecule has 0 radical (unpaired) electrons. The van der Waals surface area contributed by atoms with Crippen LogP contribution in [0.3, 0.4) is 0 Å². The first-order chi connectivity index (χ1) is 9.99. The van der Waals surface area contributed by atoms with E-state index in [4.69, 9.17) is 15.2 Å². The van der Waals surface area contributed by atoms with Crippen molar-refractivity contribution in [3.05, 3.63) is 56.0 Å². The van der Waals surface area contributed by atoms with Crippen LogP contribution >= 0.6 is 31.9 Å². The molecule has 0 amide bonds. The summed E-state index contributed by atoms with van der Waals surface area (Å²) in [5.41, 5.74) is 9.52. The molecule has 0 aliphatic rings. The number of ether oxygens (including phenoxy) is 2. The van der Waals surface area contributed by atoms with E-state index in [0.29, 0.717) is 11.5 Å². The van der Waals surface area contributed by atoms with Gasteiger partial charge in [-0.1, -0.05) is 28.1 Å². The largest absolute Gasteiger partial charge is 0.495 e. The van der Waals surface area contributed by atoms with Crippen LogP contribution < -0.4 is 15.2 Å². The molecular weight excluding hydrogens is 398 g/mol. The molecule has 1 atom stereocenters. The second-order valence-electron chi connectivity index (χ2n) is 4.71. The Morgan fingerprint density at radius 1 is 1.00 bits per heavy atom. The van der Waals surface area contributed by atoms with Crippen molar-refractivity contribution in [2.24, 2.45) is 5.73 Å². The number of benzene rings is 2. The molecule has 0 saturated heterocycles. The highest BCUT2D eigenvalue weighted by atomic mass is 79.9. The third-order valence-electron chi connectivity index (χ3n) is 3.34. The van der Waals surface area contributed by atoms with Gasteiger partial charge in [0.15, 0.2) is 0 Å². The van der Waals surface area contributed by atoms with Gasteiger partial charge in [0.2, 0.25) is 0 Å². The van der Waals surface area contributed by atoms with Crippen LogP contribution in [0, 0.1) is 6.92 Å². The summed E-state index contributed by atoms with van der Waals surface area (Å²) in [7, 11) is 3.25. The standard InChI is InChI=1S/C16H17Br2NO2/c1-9-4-5-10(12(17)8-9)15(19)11-6-7-13(20-2)14(18)16(11)21-3/h4-8,15H,19H2,1-3H3. The Morgan fingerprint density at radius 3 is 2.24 bits per heavy atom. The van der Waals surface area contributed by atoms with Crippen LogP contribution in [0.4, 0.5) is 0 Å². The maximum Gasteiger partial charge on any atom is 0.141 e. The molecule has 2 rings (SSSR count). The van der Waals surface area contributed by atoms with Gasteiger partial charge >= 0.3 is 0 Å².